The number of para-hydroxylation sites is 1. The van der Waals surface area contributed by atoms with Crippen LogP contribution in [-0.2, 0) is 14.6 Å². The minimum atomic E-state index is -3.04. The molecule has 2 aliphatic heterocycles. The van der Waals surface area contributed by atoms with Crippen LogP contribution >= 0.6 is 11.8 Å². The van der Waals surface area contributed by atoms with Gasteiger partial charge in [0.2, 0.25) is 5.91 Å². The highest BCUT2D eigenvalue weighted by Gasteiger charge is 2.44. The maximum atomic E-state index is 13.0. The summed E-state index contributed by atoms with van der Waals surface area (Å²) in [6.45, 7) is 0.0133. The SMILES string of the molecule is O=C(CN(C1=N[C@H]2CS(=O)(=O)C[C@@H]2S1)c1ccccc1)Nc1ccc(F)cc1. The van der Waals surface area contributed by atoms with Crippen LogP contribution in [-0.4, -0.2) is 48.8 Å². The van der Waals surface area contributed by atoms with Gasteiger partial charge in [-0.05, 0) is 36.4 Å². The molecule has 0 bridgehead atoms. The summed E-state index contributed by atoms with van der Waals surface area (Å²) in [6.07, 6.45) is 0. The van der Waals surface area contributed by atoms with Crippen LogP contribution in [0.5, 0.6) is 0 Å². The Labute approximate surface area is 166 Å². The molecule has 4 rings (SSSR count). The Bertz CT molecular complexity index is 1010. The van der Waals surface area contributed by atoms with E-state index in [2.05, 4.69) is 10.3 Å². The van der Waals surface area contributed by atoms with Gasteiger partial charge >= 0.3 is 0 Å². The first-order chi connectivity index (χ1) is 13.4. The Morgan fingerprint density at radius 1 is 1.14 bits per heavy atom. The lowest BCUT2D eigenvalue weighted by Gasteiger charge is -2.24. The number of hydrogen-bond donors (Lipinski definition) is 1. The smallest absolute Gasteiger partial charge is 0.244 e. The highest BCUT2D eigenvalue weighted by Crippen LogP contribution is 2.36. The number of aliphatic imine (C=N–C) groups is 1. The van der Waals surface area contributed by atoms with E-state index >= 15 is 0 Å². The fourth-order valence-electron chi connectivity index (χ4n) is 3.23. The number of halogens is 1. The number of amidine groups is 1. The molecule has 9 heteroatoms. The van der Waals surface area contributed by atoms with Crippen LogP contribution in [0.25, 0.3) is 0 Å². The number of carbonyl (C=O) groups excluding carboxylic acids is 1. The molecule has 0 aromatic heterocycles. The molecular weight excluding hydrogens is 401 g/mol. The molecule has 2 aromatic carbocycles. The van der Waals surface area contributed by atoms with E-state index in [1.54, 1.807) is 4.90 Å². The Hall–Kier alpha value is -2.39. The van der Waals surface area contributed by atoms with Crippen molar-refractivity contribution in [3.05, 3.63) is 60.4 Å². The van der Waals surface area contributed by atoms with Gasteiger partial charge in [-0.1, -0.05) is 30.0 Å². The highest BCUT2D eigenvalue weighted by molar-refractivity contribution is 8.15. The van der Waals surface area contributed by atoms with E-state index in [0.717, 1.165) is 5.69 Å². The zero-order chi connectivity index (χ0) is 19.7. The number of nitrogens with zero attached hydrogens (tertiary/aromatic N) is 2. The third kappa shape index (κ3) is 4.20. The summed E-state index contributed by atoms with van der Waals surface area (Å²) in [4.78, 5) is 19.0. The second-order valence-corrected chi connectivity index (χ2v) is 10.0. The number of anilines is 2. The van der Waals surface area contributed by atoms with E-state index in [0.29, 0.717) is 10.9 Å². The van der Waals surface area contributed by atoms with E-state index in [-0.39, 0.29) is 41.1 Å². The first kappa shape index (κ1) is 18.9. The van der Waals surface area contributed by atoms with E-state index < -0.39 is 9.84 Å². The van der Waals surface area contributed by atoms with Crippen LogP contribution in [0.4, 0.5) is 15.8 Å². The molecule has 2 aliphatic rings. The molecular formula is C19H18FN3O3S2. The summed E-state index contributed by atoms with van der Waals surface area (Å²) >= 11 is 1.40. The van der Waals surface area contributed by atoms with Gasteiger partial charge in [0.15, 0.2) is 15.0 Å². The fraction of sp³-hybridized carbons (Fsp3) is 0.263. The van der Waals surface area contributed by atoms with E-state index in [1.807, 2.05) is 30.3 Å². The first-order valence-electron chi connectivity index (χ1n) is 8.72. The van der Waals surface area contributed by atoms with Crippen molar-refractivity contribution in [2.24, 2.45) is 4.99 Å². The molecule has 0 spiro atoms. The average molecular weight is 420 g/mol. The van der Waals surface area contributed by atoms with Crippen LogP contribution < -0.4 is 10.2 Å². The molecule has 2 heterocycles. The van der Waals surface area contributed by atoms with Crippen molar-refractivity contribution < 1.29 is 17.6 Å². The summed E-state index contributed by atoms with van der Waals surface area (Å²) in [5.41, 5.74) is 1.30. The number of benzene rings is 2. The molecule has 0 saturated carbocycles. The van der Waals surface area contributed by atoms with Crippen molar-refractivity contribution >= 4 is 44.0 Å². The van der Waals surface area contributed by atoms with Crippen molar-refractivity contribution in [1.29, 1.82) is 0 Å². The monoisotopic (exact) mass is 419 g/mol. The van der Waals surface area contributed by atoms with Crippen LogP contribution in [0.3, 0.4) is 0 Å². The van der Waals surface area contributed by atoms with Crippen LogP contribution in [0, 0.1) is 5.82 Å². The largest absolute Gasteiger partial charge is 0.325 e. The van der Waals surface area contributed by atoms with E-state index in [4.69, 9.17) is 0 Å². The second kappa shape index (κ2) is 7.56. The molecule has 1 N–H and O–H groups in total. The van der Waals surface area contributed by atoms with Gasteiger partial charge in [0.25, 0.3) is 0 Å². The highest BCUT2D eigenvalue weighted by atomic mass is 32.2. The fourth-order valence-corrected chi connectivity index (χ4v) is 7.01. The van der Waals surface area contributed by atoms with Crippen molar-refractivity contribution in [1.82, 2.24) is 0 Å². The molecule has 0 unspecified atom stereocenters. The number of thioether (sulfide) groups is 1. The standard InChI is InChI=1S/C19H18FN3O3S2/c20-13-6-8-14(9-7-13)21-18(24)10-23(15-4-2-1-3-5-15)19-22-16-11-28(25,26)12-17(16)27-19/h1-9,16-17H,10-12H2,(H,21,24)/t16-,17-/m0/s1. The Morgan fingerprint density at radius 3 is 2.54 bits per heavy atom. The van der Waals surface area contributed by atoms with Gasteiger partial charge in [0.05, 0.1) is 17.5 Å². The lowest BCUT2D eigenvalue weighted by atomic mass is 10.2. The number of hydrogen-bond acceptors (Lipinski definition) is 6. The molecule has 28 heavy (non-hydrogen) atoms. The van der Waals surface area contributed by atoms with Crippen LogP contribution in [0.2, 0.25) is 0 Å². The number of rotatable bonds is 4. The molecule has 6 nitrogen and oxygen atoms in total. The van der Waals surface area contributed by atoms with Crippen LogP contribution in [0.15, 0.2) is 59.6 Å². The van der Waals surface area contributed by atoms with Gasteiger partial charge in [-0.25, -0.2) is 12.8 Å². The van der Waals surface area contributed by atoms with Gasteiger partial charge < -0.3 is 10.2 Å². The predicted octanol–water partition coefficient (Wildman–Crippen LogP) is 2.54. The number of fused-ring (bicyclic) bond motifs is 1. The van der Waals surface area contributed by atoms with Gasteiger partial charge in [0.1, 0.15) is 12.4 Å². The Morgan fingerprint density at radius 2 is 1.86 bits per heavy atom. The predicted molar refractivity (Wildman–Crippen MR) is 110 cm³/mol. The average Bonchev–Trinajstić information content (AvgIpc) is 3.16. The zero-order valence-corrected chi connectivity index (χ0v) is 16.4. The third-order valence-corrected chi connectivity index (χ3v) is 7.78. The summed E-state index contributed by atoms with van der Waals surface area (Å²) in [5, 5.41) is 3.29. The third-order valence-electron chi connectivity index (χ3n) is 4.53. The lowest BCUT2D eigenvalue weighted by Crippen LogP contribution is -2.36. The summed E-state index contributed by atoms with van der Waals surface area (Å²) in [5.74, 6) is -0.483. The van der Waals surface area contributed by atoms with Gasteiger partial charge in [-0.15, -0.1) is 0 Å². The number of amides is 1. The van der Waals surface area contributed by atoms with Crippen molar-refractivity contribution in [2.75, 3.05) is 28.3 Å². The van der Waals surface area contributed by atoms with E-state index in [1.165, 1.54) is 36.0 Å². The molecule has 0 aliphatic carbocycles. The maximum absolute atomic E-state index is 13.0. The molecule has 146 valence electrons. The van der Waals surface area contributed by atoms with Gasteiger partial charge in [0, 0.05) is 16.6 Å². The summed E-state index contributed by atoms with van der Waals surface area (Å²) < 4.78 is 36.7. The molecule has 1 amide bonds. The topological polar surface area (TPSA) is 78.8 Å². The summed E-state index contributed by atoms with van der Waals surface area (Å²) in [7, 11) is -3.04. The number of sulfone groups is 1. The van der Waals surface area contributed by atoms with Gasteiger partial charge in [-0.2, -0.15) is 0 Å². The summed E-state index contributed by atoms with van der Waals surface area (Å²) in [6, 6.07) is 14.7. The zero-order valence-electron chi connectivity index (χ0n) is 14.8. The second-order valence-electron chi connectivity index (χ2n) is 6.69. The molecule has 0 radical (unpaired) electrons. The lowest BCUT2D eigenvalue weighted by molar-refractivity contribution is -0.114. The van der Waals surface area contributed by atoms with Crippen molar-refractivity contribution in [2.45, 2.75) is 11.3 Å². The van der Waals surface area contributed by atoms with E-state index in [9.17, 15) is 17.6 Å². The Kier molecular flexibility index (Phi) is 5.11. The Balaban J connectivity index is 1.54. The molecule has 2 aromatic rings. The molecule has 1 saturated heterocycles. The van der Waals surface area contributed by atoms with Crippen molar-refractivity contribution in [3.8, 4) is 0 Å². The minimum absolute atomic E-state index is 0.0133. The van der Waals surface area contributed by atoms with Crippen molar-refractivity contribution in [3.63, 3.8) is 0 Å². The quantitative estimate of drug-likeness (QED) is 0.824. The van der Waals surface area contributed by atoms with Gasteiger partial charge in [-0.3, -0.25) is 9.79 Å². The maximum Gasteiger partial charge on any atom is 0.244 e. The number of carbonyl (C=O) groups is 1. The minimum Gasteiger partial charge on any atom is -0.325 e. The van der Waals surface area contributed by atoms with Crippen LogP contribution in [0.1, 0.15) is 0 Å². The molecule has 2 atom stereocenters. The number of nitrogens with one attached hydrogen (secondary N) is 1. The molecule has 1 fully saturated rings. The first-order valence-corrected chi connectivity index (χ1v) is 11.4. The normalized spacial score (nSPS) is 22.4.